The molecular weight excluding hydrogens is 150 g/mol. The Hall–Kier alpha value is -0.0800. The largest absolute Gasteiger partial charge is 0.380 e. The molecular formula is C10H21NO. The smallest absolute Gasteiger partial charge is 0.0552 e. The molecule has 2 N–H and O–H groups in total. The summed E-state index contributed by atoms with van der Waals surface area (Å²) in [4.78, 5) is 0. The van der Waals surface area contributed by atoms with E-state index in [1.807, 2.05) is 0 Å². The summed E-state index contributed by atoms with van der Waals surface area (Å²) in [7, 11) is 0. The van der Waals surface area contributed by atoms with Crippen molar-refractivity contribution in [2.24, 2.45) is 22.5 Å². The second-order valence-corrected chi connectivity index (χ2v) is 5.04. The lowest BCUT2D eigenvalue weighted by atomic mass is 9.59. The van der Waals surface area contributed by atoms with E-state index in [1.165, 1.54) is 0 Å². The van der Waals surface area contributed by atoms with Gasteiger partial charge in [0.15, 0.2) is 0 Å². The van der Waals surface area contributed by atoms with E-state index in [0.717, 1.165) is 19.8 Å². The molecule has 0 saturated carbocycles. The summed E-state index contributed by atoms with van der Waals surface area (Å²) in [5, 5.41) is 0. The van der Waals surface area contributed by atoms with Crippen molar-refractivity contribution in [2.75, 3.05) is 19.8 Å². The van der Waals surface area contributed by atoms with Crippen LogP contribution >= 0.6 is 0 Å². The van der Waals surface area contributed by atoms with E-state index < -0.39 is 0 Å². The van der Waals surface area contributed by atoms with Gasteiger partial charge in [0.25, 0.3) is 0 Å². The second-order valence-electron chi connectivity index (χ2n) is 5.04. The van der Waals surface area contributed by atoms with Gasteiger partial charge in [-0.3, -0.25) is 0 Å². The van der Waals surface area contributed by atoms with Crippen LogP contribution in [0.5, 0.6) is 0 Å². The van der Waals surface area contributed by atoms with Crippen LogP contribution in [0.1, 0.15) is 27.7 Å². The molecule has 1 heterocycles. The summed E-state index contributed by atoms with van der Waals surface area (Å²) < 4.78 is 5.33. The fourth-order valence-corrected chi connectivity index (χ4v) is 2.00. The maximum Gasteiger partial charge on any atom is 0.0552 e. The zero-order valence-electron chi connectivity index (χ0n) is 8.68. The molecule has 0 aromatic rings. The molecule has 72 valence electrons. The molecule has 1 atom stereocenters. The molecule has 0 aromatic heterocycles. The molecule has 1 aliphatic rings. The van der Waals surface area contributed by atoms with Crippen molar-refractivity contribution < 1.29 is 4.74 Å². The SMILES string of the molecule is CC(CN)C1(C(C)(C)C)COC1. The van der Waals surface area contributed by atoms with E-state index >= 15 is 0 Å². The molecule has 2 nitrogen and oxygen atoms in total. The van der Waals surface area contributed by atoms with Crippen LogP contribution in [0.15, 0.2) is 0 Å². The van der Waals surface area contributed by atoms with Crippen LogP contribution < -0.4 is 5.73 Å². The third-order valence-electron chi connectivity index (χ3n) is 3.51. The Morgan fingerprint density at radius 1 is 1.42 bits per heavy atom. The van der Waals surface area contributed by atoms with Gasteiger partial charge in [0.2, 0.25) is 0 Å². The fourth-order valence-electron chi connectivity index (χ4n) is 2.00. The van der Waals surface area contributed by atoms with Gasteiger partial charge in [-0.1, -0.05) is 27.7 Å². The van der Waals surface area contributed by atoms with E-state index in [-0.39, 0.29) is 0 Å². The number of ether oxygens (including phenoxy) is 1. The Balaban J connectivity index is 2.76. The minimum atomic E-state index is 0.310. The summed E-state index contributed by atoms with van der Waals surface area (Å²) in [5.41, 5.74) is 6.34. The van der Waals surface area contributed by atoms with E-state index in [4.69, 9.17) is 10.5 Å². The Morgan fingerprint density at radius 2 is 1.92 bits per heavy atom. The van der Waals surface area contributed by atoms with Crippen LogP contribution in [0.4, 0.5) is 0 Å². The van der Waals surface area contributed by atoms with Crippen molar-refractivity contribution in [2.45, 2.75) is 27.7 Å². The van der Waals surface area contributed by atoms with E-state index in [1.54, 1.807) is 0 Å². The normalized spacial score (nSPS) is 24.8. The molecule has 0 aliphatic carbocycles. The molecule has 12 heavy (non-hydrogen) atoms. The number of hydrogen-bond donors (Lipinski definition) is 1. The molecule has 1 saturated heterocycles. The minimum Gasteiger partial charge on any atom is -0.380 e. The highest BCUT2D eigenvalue weighted by molar-refractivity contribution is 4.98. The Kier molecular flexibility index (Phi) is 2.50. The minimum absolute atomic E-state index is 0.310. The molecule has 2 heteroatoms. The van der Waals surface area contributed by atoms with E-state index in [2.05, 4.69) is 27.7 Å². The third kappa shape index (κ3) is 1.27. The Bertz CT molecular complexity index is 156. The van der Waals surface area contributed by atoms with Gasteiger partial charge in [0, 0.05) is 5.41 Å². The summed E-state index contributed by atoms with van der Waals surface area (Å²) >= 11 is 0. The van der Waals surface area contributed by atoms with Crippen molar-refractivity contribution in [1.82, 2.24) is 0 Å². The monoisotopic (exact) mass is 171 g/mol. The van der Waals surface area contributed by atoms with Crippen LogP contribution in [0.3, 0.4) is 0 Å². The predicted octanol–water partition coefficient (Wildman–Crippen LogP) is 1.64. The predicted molar refractivity (Wildman–Crippen MR) is 50.9 cm³/mol. The zero-order valence-corrected chi connectivity index (χ0v) is 8.68. The van der Waals surface area contributed by atoms with Gasteiger partial charge in [-0.25, -0.2) is 0 Å². The van der Waals surface area contributed by atoms with Crippen molar-refractivity contribution in [3.05, 3.63) is 0 Å². The maximum absolute atomic E-state index is 5.71. The molecule has 0 aromatic carbocycles. The van der Waals surface area contributed by atoms with Gasteiger partial charge >= 0.3 is 0 Å². The van der Waals surface area contributed by atoms with Gasteiger partial charge in [-0.15, -0.1) is 0 Å². The van der Waals surface area contributed by atoms with Crippen LogP contribution in [-0.2, 0) is 4.74 Å². The first-order valence-corrected chi connectivity index (χ1v) is 4.72. The van der Waals surface area contributed by atoms with Gasteiger partial charge in [-0.2, -0.15) is 0 Å². The van der Waals surface area contributed by atoms with Crippen molar-refractivity contribution in [3.8, 4) is 0 Å². The van der Waals surface area contributed by atoms with Crippen LogP contribution in [0.25, 0.3) is 0 Å². The summed E-state index contributed by atoms with van der Waals surface area (Å²) in [5.74, 6) is 0.561. The molecule has 0 bridgehead atoms. The quantitative estimate of drug-likeness (QED) is 0.685. The molecule has 1 fully saturated rings. The van der Waals surface area contributed by atoms with Gasteiger partial charge in [-0.05, 0) is 17.9 Å². The van der Waals surface area contributed by atoms with E-state index in [9.17, 15) is 0 Å². The van der Waals surface area contributed by atoms with Gasteiger partial charge in [0.05, 0.1) is 13.2 Å². The fraction of sp³-hybridized carbons (Fsp3) is 1.00. The highest BCUT2D eigenvalue weighted by Crippen LogP contribution is 2.49. The standard InChI is InChI=1S/C10H21NO/c1-8(5-11)10(6-12-7-10)9(2,3)4/h8H,5-7,11H2,1-4H3. The van der Waals surface area contributed by atoms with Crippen LogP contribution in [0, 0.1) is 16.7 Å². The molecule has 1 aliphatic heterocycles. The highest BCUT2D eigenvalue weighted by atomic mass is 16.5. The molecule has 0 spiro atoms. The lowest BCUT2D eigenvalue weighted by Gasteiger charge is -2.54. The van der Waals surface area contributed by atoms with Crippen LogP contribution in [0.2, 0.25) is 0 Å². The van der Waals surface area contributed by atoms with E-state index in [0.29, 0.717) is 16.7 Å². The van der Waals surface area contributed by atoms with Crippen molar-refractivity contribution in [3.63, 3.8) is 0 Å². The molecule has 1 unspecified atom stereocenters. The maximum atomic E-state index is 5.71. The highest BCUT2D eigenvalue weighted by Gasteiger charge is 2.51. The lowest BCUT2D eigenvalue weighted by molar-refractivity contribution is -0.196. The third-order valence-corrected chi connectivity index (χ3v) is 3.51. The average Bonchev–Trinajstić information content (AvgIpc) is 1.81. The average molecular weight is 171 g/mol. The number of rotatable bonds is 2. The summed E-state index contributed by atoms with van der Waals surface area (Å²) in [6.45, 7) is 11.6. The first kappa shape index (κ1) is 10.0. The first-order valence-electron chi connectivity index (χ1n) is 4.72. The molecule has 0 amide bonds. The lowest BCUT2D eigenvalue weighted by Crippen LogP contribution is -2.57. The van der Waals surface area contributed by atoms with Crippen LogP contribution in [-0.4, -0.2) is 19.8 Å². The van der Waals surface area contributed by atoms with Crippen molar-refractivity contribution in [1.29, 1.82) is 0 Å². The number of hydrogen-bond acceptors (Lipinski definition) is 2. The first-order chi connectivity index (χ1) is 5.44. The van der Waals surface area contributed by atoms with Gasteiger partial charge < -0.3 is 10.5 Å². The van der Waals surface area contributed by atoms with Gasteiger partial charge in [0.1, 0.15) is 0 Å². The number of nitrogens with two attached hydrogens (primary N) is 1. The Labute approximate surface area is 75.5 Å². The summed E-state index contributed by atoms with van der Waals surface area (Å²) in [6.07, 6.45) is 0. The van der Waals surface area contributed by atoms with Crippen molar-refractivity contribution >= 4 is 0 Å². The second kappa shape index (κ2) is 3.00. The Morgan fingerprint density at radius 3 is 2.00 bits per heavy atom. The topological polar surface area (TPSA) is 35.2 Å². The zero-order chi connectivity index (χ0) is 9.41. The molecule has 1 rings (SSSR count). The summed E-state index contributed by atoms with van der Waals surface area (Å²) in [6, 6.07) is 0. The molecule has 0 radical (unpaired) electrons.